The highest BCUT2D eigenvalue weighted by Crippen LogP contribution is 2.49. The largest absolute Gasteiger partial charge is 0.495 e. The molecule has 3 heterocycles. The fraction of sp³-hybridized carbons (Fsp3) is 0.487. The molecule has 0 aliphatic carbocycles. The molecule has 0 spiro atoms. The van der Waals surface area contributed by atoms with Crippen LogP contribution in [-0.4, -0.2) is 96.7 Å². The third-order valence-corrected chi connectivity index (χ3v) is 11.7. The van der Waals surface area contributed by atoms with Crippen LogP contribution in [0.1, 0.15) is 62.0 Å². The van der Waals surface area contributed by atoms with Gasteiger partial charge in [-0.05, 0) is 62.6 Å². The fourth-order valence-electron chi connectivity index (χ4n) is 7.00. The number of ether oxygens (including phenoxy) is 5. The van der Waals surface area contributed by atoms with Crippen LogP contribution in [0.5, 0.6) is 5.75 Å². The van der Waals surface area contributed by atoms with Gasteiger partial charge in [-0.3, -0.25) is 19.7 Å². The summed E-state index contributed by atoms with van der Waals surface area (Å²) < 4.78 is 29.1. The predicted octanol–water partition coefficient (Wildman–Crippen LogP) is 5.15. The zero-order valence-corrected chi connectivity index (χ0v) is 32.9. The fourth-order valence-corrected chi connectivity index (χ4v) is 8.13. The van der Waals surface area contributed by atoms with Crippen molar-refractivity contribution in [2.75, 3.05) is 31.9 Å². The van der Waals surface area contributed by atoms with Crippen molar-refractivity contribution in [3.63, 3.8) is 0 Å². The van der Waals surface area contributed by atoms with E-state index in [-0.39, 0.29) is 36.0 Å². The van der Waals surface area contributed by atoms with Crippen LogP contribution < -0.4 is 15.0 Å². The molecule has 0 aromatic heterocycles. The molecule has 292 valence electrons. The molecule has 7 atom stereocenters. The lowest BCUT2D eigenvalue weighted by Gasteiger charge is -2.42. The maximum absolute atomic E-state index is 14.1. The molecule has 3 aliphatic rings. The summed E-state index contributed by atoms with van der Waals surface area (Å²) in [4.78, 5) is 54.3. The smallest absolute Gasteiger partial charge is 0.409 e. The first-order chi connectivity index (χ1) is 25.5. The van der Waals surface area contributed by atoms with Crippen LogP contribution in [0, 0.1) is 5.92 Å². The Bertz CT molecular complexity index is 1850. The number of aliphatic hydroxyl groups is 2. The Morgan fingerprint density at radius 3 is 2.59 bits per heavy atom. The number of ketones is 1. The van der Waals surface area contributed by atoms with E-state index in [0.29, 0.717) is 33.9 Å². The summed E-state index contributed by atoms with van der Waals surface area (Å²) in [6.45, 7) is 6.53. The molecule has 2 amide bonds. The number of thioether (sulfide) groups is 1. The number of anilines is 1. The zero-order valence-electron chi connectivity index (χ0n) is 31.3. The van der Waals surface area contributed by atoms with Crippen molar-refractivity contribution < 1.29 is 53.1 Å². The molecule has 13 nitrogen and oxygen atoms in total. The number of halogens is 1. The number of benzene rings is 2. The number of nitrogens with one attached hydrogen (secondary N) is 1. The van der Waals surface area contributed by atoms with E-state index in [0.717, 1.165) is 22.9 Å². The number of esters is 1. The SMILES string of the molecule is COc1cc2cc(c1Cl)N(C)C(=O)C[C@H](OC(=O)CSc1ccc(C(C)=O)cc1CO)[C@]1(C)O[C@H]1[C@H](C)[C@@H]1C[C@@](O)(NC(=O)O1)[C@H](OC)/C=C/C=C(\C)C2. The first-order valence-electron chi connectivity index (χ1n) is 17.5. The van der Waals surface area contributed by atoms with Crippen LogP contribution >= 0.6 is 23.4 Å². The van der Waals surface area contributed by atoms with Gasteiger partial charge in [-0.25, -0.2) is 4.79 Å². The highest BCUT2D eigenvalue weighted by atomic mass is 35.5. The highest BCUT2D eigenvalue weighted by molar-refractivity contribution is 8.00. The number of carbonyl (C=O) groups excluding carboxylic acids is 4. The van der Waals surface area contributed by atoms with Gasteiger partial charge in [0.1, 0.15) is 34.7 Å². The van der Waals surface area contributed by atoms with Gasteiger partial charge in [0.25, 0.3) is 0 Å². The van der Waals surface area contributed by atoms with E-state index in [1.54, 1.807) is 63.4 Å². The van der Waals surface area contributed by atoms with Gasteiger partial charge in [0.2, 0.25) is 5.91 Å². The summed E-state index contributed by atoms with van der Waals surface area (Å²) in [5.41, 5.74) is 0.0144. The number of rotatable bonds is 8. The summed E-state index contributed by atoms with van der Waals surface area (Å²) in [7, 11) is 4.49. The lowest BCUT2D eigenvalue weighted by Crippen LogP contribution is -2.63. The molecule has 2 fully saturated rings. The molecule has 2 aromatic rings. The van der Waals surface area contributed by atoms with Crippen LogP contribution in [-0.2, 0) is 41.6 Å². The predicted molar refractivity (Wildman–Crippen MR) is 202 cm³/mol. The number of fused-ring (bicyclic) bond motifs is 5. The highest BCUT2D eigenvalue weighted by Gasteiger charge is 2.64. The average molecular weight is 787 g/mol. The quantitative estimate of drug-likeness (QED) is 0.139. The molecule has 54 heavy (non-hydrogen) atoms. The number of hydrogen-bond donors (Lipinski definition) is 3. The molecule has 3 aliphatic heterocycles. The first-order valence-corrected chi connectivity index (χ1v) is 18.9. The van der Waals surface area contributed by atoms with Crippen LogP contribution in [0.4, 0.5) is 10.5 Å². The van der Waals surface area contributed by atoms with Crippen molar-refractivity contribution in [2.45, 2.75) is 94.2 Å². The molecule has 15 heteroatoms. The number of allylic oxidation sites excluding steroid dienone is 3. The lowest BCUT2D eigenvalue weighted by molar-refractivity contribution is -0.150. The molecule has 0 saturated carbocycles. The monoisotopic (exact) mass is 786 g/mol. The molecule has 0 radical (unpaired) electrons. The van der Waals surface area contributed by atoms with E-state index in [2.05, 4.69) is 5.32 Å². The van der Waals surface area contributed by atoms with Crippen molar-refractivity contribution in [1.29, 1.82) is 0 Å². The molecular weight excluding hydrogens is 740 g/mol. The number of hydrogen-bond acceptors (Lipinski definition) is 12. The minimum atomic E-state index is -1.83. The van der Waals surface area contributed by atoms with Crippen molar-refractivity contribution in [2.24, 2.45) is 5.92 Å². The minimum Gasteiger partial charge on any atom is -0.495 e. The van der Waals surface area contributed by atoms with Crippen LogP contribution in [0.25, 0.3) is 0 Å². The standard InChI is InChI=1S/C39H47ClN2O11S/c1-21-9-8-10-31(50-7)39(48)18-29(51-37(47)41-39)22(2)36-38(4,53-36)32(17-33(45)42(5)27-14-24(13-21)15-28(49-6)35(27)40)52-34(46)20-54-30-12-11-25(23(3)44)16-26(30)19-43/h8-12,14-16,22,29,31-32,36,43,48H,13,17-20H2,1-7H3,(H,41,47)/b10-8+,21-9+/t22-,29+,31-,32+,36+,38+,39+/m1/s1. The van der Waals surface area contributed by atoms with Gasteiger partial charge in [0, 0.05) is 37.0 Å². The molecule has 4 bridgehead atoms. The van der Waals surface area contributed by atoms with Crippen molar-refractivity contribution in [3.05, 3.63) is 75.8 Å². The third-order valence-electron chi connectivity index (χ3n) is 10.2. The van der Waals surface area contributed by atoms with Gasteiger partial charge in [0.05, 0.1) is 37.7 Å². The van der Waals surface area contributed by atoms with Crippen LogP contribution in [0.2, 0.25) is 5.02 Å². The Morgan fingerprint density at radius 2 is 1.93 bits per heavy atom. The van der Waals surface area contributed by atoms with Gasteiger partial charge in [-0.1, -0.05) is 48.4 Å². The minimum absolute atomic E-state index is 0.0517. The third kappa shape index (κ3) is 8.96. The molecule has 2 saturated heterocycles. The van der Waals surface area contributed by atoms with Gasteiger partial charge in [-0.2, -0.15) is 0 Å². The number of amides is 2. The van der Waals surface area contributed by atoms with Gasteiger partial charge in [-0.15, -0.1) is 11.8 Å². The normalized spacial score (nSPS) is 30.2. The van der Waals surface area contributed by atoms with E-state index >= 15 is 0 Å². The molecule has 0 unspecified atom stereocenters. The van der Waals surface area contributed by atoms with Crippen LogP contribution in [0.3, 0.4) is 0 Å². The number of alkyl carbamates (subject to hydrolysis) is 1. The summed E-state index contributed by atoms with van der Waals surface area (Å²) >= 11 is 7.88. The number of nitrogens with zero attached hydrogens (tertiary/aromatic N) is 1. The second-order valence-corrected chi connectivity index (χ2v) is 15.5. The van der Waals surface area contributed by atoms with Gasteiger partial charge in [0.15, 0.2) is 11.5 Å². The van der Waals surface area contributed by atoms with Gasteiger partial charge >= 0.3 is 12.1 Å². The topological polar surface area (TPSA) is 173 Å². The summed E-state index contributed by atoms with van der Waals surface area (Å²) in [5, 5.41) is 24.4. The first kappa shape index (κ1) is 41.2. The number of aliphatic hydroxyl groups excluding tert-OH is 1. The van der Waals surface area contributed by atoms with E-state index < -0.39 is 59.6 Å². The summed E-state index contributed by atoms with van der Waals surface area (Å²) in [5.74, 6) is -1.56. The Morgan fingerprint density at radius 1 is 1.19 bits per heavy atom. The zero-order chi connectivity index (χ0) is 39.5. The Hall–Kier alpha value is -3.92. The van der Waals surface area contributed by atoms with Crippen molar-refractivity contribution in [3.8, 4) is 5.75 Å². The van der Waals surface area contributed by atoms with E-state index in [9.17, 15) is 29.4 Å². The average Bonchev–Trinajstić information content (AvgIpc) is 3.83. The summed E-state index contributed by atoms with van der Waals surface area (Å²) in [6, 6.07) is 8.44. The number of carbonyl (C=O) groups is 4. The Balaban J connectivity index is 1.50. The molecule has 5 rings (SSSR count). The molecule has 2 aromatic carbocycles. The van der Waals surface area contributed by atoms with E-state index in [1.165, 1.54) is 26.0 Å². The Kier molecular flexibility index (Phi) is 12.9. The maximum Gasteiger partial charge on any atom is 0.409 e. The van der Waals surface area contributed by atoms with Gasteiger partial charge < -0.3 is 38.8 Å². The van der Waals surface area contributed by atoms with Crippen LogP contribution in [0.15, 0.2) is 59.0 Å². The molecular formula is C39H47ClN2O11S. The maximum atomic E-state index is 14.1. The number of epoxide rings is 1. The van der Waals surface area contributed by atoms with E-state index in [4.69, 9.17) is 35.3 Å². The lowest BCUT2D eigenvalue weighted by atomic mass is 9.83. The van der Waals surface area contributed by atoms with Crippen molar-refractivity contribution >= 4 is 52.8 Å². The van der Waals surface area contributed by atoms with E-state index in [1.807, 2.05) is 13.0 Å². The van der Waals surface area contributed by atoms with Crippen molar-refractivity contribution in [1.82, 2.24) is 5.32 Å². The second-order valence-electron chi connectivity index (χ2n) is 14.1. The number of methoxy groups -OCH3 is 2. The summed E-state index contributed by atoms with van der Waals surface area (Å²) in [6.07, 6.45) is 0.977. The number of Topliss-reactive ketones (excluding diaryl/α,β-unsaturated/α-hetero) is 1. The second kappa shape index (κ2) is 16.8. The Labute approximate surface area is 323 Å². The molecule has 3 N–H and O–H groups in total.